The van der Waals surface area contributed by atoms with Gasteiger partial charge in [-0.2, -0.15) is 10.5 Å². The Morgan fingerprint density at radius 2 is 1.71 bits per heavy atom. The van der Waals surface area contributed by atoms with Crippen molar-refractivity contribution in [2.75, 3.05) is 10.6 Å². The van der Waals surface area contributed by atoms with Gasteiger partial charge in [-0.3, -0.25) is 9.59 Å². The van der Waals surface area contributed by atoms with Gasteiger partial charge in [0.2, 0.25) is 5.91 Å². The van der Waals surface area contributed by atoms with E-state index in [1.54, 1.807) is 24.6 Å². The fourth-order valence-corrected chi connectivity index (χ4v) is 2.40. The molecule has 1 aromatic heterocycles. The third-order valence-electron chi connectivity index (χ3n) is 3.97. The Kier molecular flexibility index (Phi) is 5.91. The van der Waals surface area contributed by atoms with E-state index in [0.717, 1.165) is 13.0 Å². The number of hydrogen-bond donors (Lipinski definition) is 2. The maximum absolute atomic E-state index is 14.0. The lowest BCUT2D eigenvalue weighted by atomic mass is 10.1. The maximum atomic E-state index is 14.0. The van der Waals surface area contributed by atoms with Crippen LogP contribution in [0.1, 0.15) is 23.9 Å². The zero-order valence-electron chi connectivity index (χ0n) is 15.2. The Hall–Kier alpha value is -3.98. The highest BCUT2D eigenvalue weighted by atomic mass is 19.1. The van der Waals surface area contributed by atoms with E-state index in [1.165, 1.54) is 12.1 Å². The highest BCUT2D eigenvalue weighted by molar-refractivity contribution is 6.10. The van der Waals surface area contributed by atoms with Gasteiger partial charge in [-0.25, -0.2) is 8.78 Å². The summed E-state index contributed by atoms with van der Waals surface area (Å²) in [5.41, 5.74) is 0.402. The first-order chi connectivity index (χ1) is 13.2. The molecule has 0 bridgehead atoms. The SMILES string of the molecule is CC(=O)Nc1cc(NC(=O)/C(C#N)=C/c2cc(C#N)n(C)c2C)c(F)cc1F. The zero-order chi connectivity index (χ0) is 21.0. The monoisotopic (exact) mass is 383 g/mol. The summed E-state index contributed by atoms with van der Waals surface area (Å²) < 4.78 is 29.3. The molecule has 1 heterocycles. The first kappa shape index (κ1) is 20.3. The second-order valence-electron chi connectivity index (χ2n) is 5.86. The third-order valence-corrected chi connectivity index (χ3v) is 3.97. The molecule has 0 atom stereocenters. The molecule has 1 aromatic carbocycles. The topological polar surface area (TPSA) is 111 Å². The van der Waals surface area contributed by atoms with Crippen LogP contribution in [0.3, 0.4) is 0 Å². The molecule has 142 valence electrons. The number of carbonyl (C=O) groups is 2. The lowest BCUT2D eigenvalue weighted by Crippen LogP contribution is -2.16. The molecule has 0 aliphatic rings. The van der Waals surface area contributed by atoms with Crippen molar-refractivity contribution >= 4 is 29.3 Å². The number of anilines is 2. The molecule has 7 nitrogen and oxygen atoms in total. The van der Waals surface area contributed by atoms with Crippen LogP contribution in [-0.4, -0.2) is 16.4 Å². The van der Waals surface area contributed by atoms with Gasteiger partial charge in [0.15, 0.2) is 0 Å². The molecule has 0 aliphatic heterocycles. The normalized spacial score (nSPS) is 10.8. The van der Waals surface area contributed by atoms with Crippen LogP contribution in [-0.2, 0) is 16.6 Å². The molecule has 2 rings (SSSR count). The van der Waals surface area contributed by atoms with Gasteiger partial charge < -0.3 is 15.2 Å². The van der Waals surface area contributed by atoms with Crippen molar-refractivity contribution in [1.29, 1.82) is 10.5 Å². The van der Waals surface area contributed by atoms with Gasteiger partial charge in [-0.05, 0) is 30.7 Å². The highest BCUT2D eigenvalue weighted by Crippen LogP contribution is 2.24. The molecule has 28 heavy (non-hydrogen) atoms. The lowest BCUT2D eigenvalue weighted by molar-refractivity contribution is -0.114. The van der Waals surface area contributed by atoms with Crippen molar-refractivity contribution in [3.63, 3.8) is 0 Å². The Morgan fingerprint density at radius 1 is 1.11 bits per heavy atom. The minimum atomic E-state index is -1.07. The van der Waals surface area contributed by atoms with Crippen molar-refractivity contribution in [3.8, 4) is 12.1 Å². The Labute approximate surface area is 159 Å². The van der Waals surface area contributed by atoms with Gasteiger partial charge in [0.25, 0.3) is 5.91 Å². The molecular formula is C19H15F2N5O2. The van der Waals surface area contributed by atoms with Crippen LogP contribution in [0.25, 0.3) is 6.08 Å². The second-order valence-corrected chi connectivity index (χ2v) is 5.86. The second kappa shape index (κ2) is 8.14. The number of halogens is 2. The number of amides is 2. The van der Waals surface area contributed by atoms with E-state index in [0.29, 0.717) is 23.0 Å². The molecular weight excluding hydrogens is 368 g/mol. The van der Waals surface area contributed by atoms with Crippen molar-refractivity contribution in [1.82, 2.24) is 4.57 Å². The summed E-state index contributed by atoms with van der Waals surface area (Å²) in [4.78, 5) is 23.5. The van der Waals surface area contributed by atoms with E-state index in [1.807, 2.05) is 6.07 Å². The number of benzene rings is 1. The van der Waals surface area contributed by atoms with Gasteiger partial charge in [0.1, 0.15) is 35.0 Å². The minimum Gasteiger partial charge on any atom is -0.339 e. The number of nitrogens with one attached hydrogen (secondary N) is 2. The van der Waals surface area contributed by atoms with Crippen LogP contribution in [0.2, 0.25) is 0 Å². The van der Waals surface area contributed by atoms with Gasteiger partial charge in [0, 0.05) is 25.7 Å². The van der Waals surface area contributed by atoms with E-state index >= 15 is 0 Å². The molecule has 0 spiro atoms. The van der Waals surface area contributed by atoms with Gasteiger partial charge in [-0.15, -0.1) is 0 Å². The van der Waals surface area contributed by atoms with Crippen LogP contribution < -0.4 is 10.6 Å². The van der Waals surface area contributed by atoms with Crippen LogP contribution in [0, 0.1) is 41.2 Å². The summed E-state index contributed by atoms with van der Waals surface area (Å²) >= 11 is 0. The molecule has 0 saturated carbocycles. The summed E-state index contributed by atoms with van der Waals surface area (Å²) in [5.74, 6) is -3.58. The zero-order valence-corrected chi connectivity index (χ0v) is 15.2. The smallest absolute Gasteiger partial charge is 0.266 e. The number of rotatable bonds is 4. The number of aromatic nitrogens is 1. The van der Waals surface area contributed by atoms with E-state index in [9.17, 15) is 23.6 Å². The standard InChI is InChI=1S/C19H15F2N5O2/c1-10-12(5-14(9-23)26(10)3)4-13(8-22)19(28)25-18-7-17(24-11(2)27)15(20)6-16(18)21/h4-7H,1-3H3,(H,24,27)(H,25,28)/b13-4+. The molecule has 0 aliphatic carbocycles. The molecule has 0 unspecified atom stereocenters. The Bertz CT molecular complexity index is 1090. The predicted octanol–water partition coefficient (Wildman–Crippen LogP) is 2.99. The highest BCUT2D eigenvalue weighted by Gasteiger charge is 2.17. The summed E-state index contributed by atoms with van der Waals surface area (Å²) in [6.07, 6.45) is 1.27. The number of nitrogens with zero attached hydrogens (tertiary/aromatic N) is 3. The quantitative estimate of drug-likeness (QED) is 0.624. The summed E-state index contributed by atoms with van der Waals surface area (Å²) in [6.45, 7) is 2.86. The molecule has 9 heteroatoms. The van der Waals surface area contributed by atoms with E-state index in [-0.39, 0.29) is 11.3 Å². The minimum absolute atomic E-state index is 0.316. The fraction of sp³-hybridized carbons (Fsp3) is 0.158. The average Bonchev–Trinajstić information content (AvgIpc) is 2.90. The first-order valence-electron chi connectivity index (χ1n) is 7.94. The number of nitriles is 2. The van der Waals surface area contributed by atoms with Gasteiger partial charge in [-0.1, -0.05) is 0 Å². The van der Waals surface area contributed by atoms with Crippen LogP contribution in [0.5, 0.6) is 0 Å². The van der Waals surface area contributed by atoms with Crippen LogP contribution in [0.4, 0.5) is 20.2 Å². The molecule has 0 radical (unpaired) electrons. The number of hydrogen-bond acceptors (Lipinski definition) is 4. The molecule has 0 fully saturated rings. The lowest BCUT2D eigenvalue weighted by Gasteiger charge is -2.10. The van der Waals surface area contributed by atoms with E-state index in [2.05, 4.69) is 10.6 Å². The van der Waals surface area contributed by atoms with Crippen molar-refractivity contribution < 1.29 is 18.4 Å². The van der Waals surface area contributed by atoms with E-state index in [4.69, 9.17) is 5.26 Å². The summed E-state index contributed by atoms with van der Waals surface area (Å²) in [6, 6.07) is 6.63. The fourth-order valence-electron chi connectivity index (χ4n) is 2.40. The summed E-state index contributed by atoms with van der Waals surface area (Å²) in [5, 5.41) is 22.7. The third kappa shape index (κ3) is 4.22. The maximum Gasteiger partial charge on any atom is 0.266 e. The van der Waals surface area contributed by atoms with Gasteiger partial charge in [0.05, 0.1) is 11.4 Å². The van der Waals surface area contributed by atoms with Crippen molar-refractivity contribution in [2.24, 2.45) is 7.05 Å². The Morgan fingerprint density at radius 3 is 2.21 bits per heavy atom. The van der Waals surface area contributed by atoms with E-state index < -0.39 is 29.1 Å². The molecule has 2 N–H and O–H groups in total. The van der Waals surface area contributed by atoms with Crippen LogP contribution in [0.15, 0.2) is 23.8 Å². The molecule has 2 amide bonds. The predicted molar refractivity (Wildman–Crippen MR) is 97.7 cm³/mol. The molecule has 2 aromatic rings. The number of carbonyl (C=O) groups excluding carboxylic acids is 2. The first-order valence-corrected chi connectivity index (χ1v) is 7.94. The van der Waals surface area contributed by atoms with Crippen LogP contribution >= 0.6 is 0 Å². The average molecular weight is 383 g/mol. The Balaban J connectivity index is 2.37. The largest absolute Gasteiger partial charge is 0.339 e. The van der Waals surface area contributed by atoms with Crippen molar-refractivity contribution in [3.05, 3.63) is 52.4 Å². The van der Waals surface area contributed by atoms with Gasteiger partial charge >= 0.3 is 0 Å². The molecule has 0 saturated heterocycles. The van der Waals surface area contributed by atoms with Crippen molar-refractivity contribution in [2.45, 2.75) is 13.8 Å². The summed E-state index contributed by atoms with van der Waals surface area (Å²) in [7, 11) is 1.66.